The first-order valence-corrected chi connectivity index (χ1v) is 15.1. The molecule has 11 heteroatoms. The quantitative estimate of drug-likeness (QED) is 0.232. The molecule has 0 aromatic heterocycles. The van der Waals surface area contributed by atoms with Crippen molar-refractivity contribution < 1.29 is 27.1 Å². The fourth-order valence-electron chi connectivity index (χ4n) is 2.17. The number of sulfone groups is 1. The van der Waals surface area contributed by atoms with Crippen molar-refractivity contribution >= 4 is 29.2 Å². The molecule has 0 fully saturated rings. The lowest BCUT2D eigenvalue weighted by molar-refractivity contribution is -0.231. The molecular formula is C20H43N3O6SSi. The van der Waals surface area contributed by atoms with Crippen LogP contribution in [0.15, 0.2) is 9.98 Å². The third-order valence-electron chi connectivity index (χ3n) is 5.45. The van der Waals surface area contributed by atoms with Crippen LogP contribution in [0.1, 0.15) is 48.5 Å². The first kappa shape index (κ1) is 30.1. The van der Waals surface area contributed by atoms with Crippen LogP contribution in [0.5, 0.6) is 0 Å². The average molecular weight is 482 g/mol. The van der Waals surface area contributed by atoms with Crippen LogP contribution < -0.4 is 5.73 Å². The van der Waals surface area contributed by atoms with E-state index in [0.29, 0.717) is 0 Å². The van der Waals surface area contributed by atoms with Crippen molar-refractivity contribution in [2.24, 2.45) is 15.7 Å². The van der Waals surface area contributed by atoms with Gasteiger partial charge in [0.15, 0.2) is 20.0 Å². The molecule has 2 N–H and O–H groups in total. The molecule has 0 rings (SSSR count). The van der Waals surface area contributed by atoms with Crippen molar-refractivity contribution in [3.63, 3.8) is 0 Å². The normalized spacial score (nSPS) is 18.0. The molecule has 0 spiro atoms. The van der Waals surface area contributed by atoms with E-state index in [4.69, 9.17) is 24.4 Å². The second-order valence-corrected chi connectivity index (χ2v) is 16.4. The summed E-state index contributed by atoms with van der Waals surface area (Å²) in [5.74, 6) is -0.781. The second kappa shape index (κ2) is 11.3. The number of methoxy groups -OCH3 is 2. The summed E-state index contributed by atoms with van der Waals surface area (Å²) in [5, 5.41) is -0.324. The van der Waals surface area contributed by atoms with E-state index >= 15 is 0 Å². The Labute approximate surface area is 189 Å². The zero-order valence-electron chi connectivity index (χ0n) is 21.3. The second-order valence-electron chi connectivity index (χ2n) is 9.68. The van der Waals surface area contributed by atoms with Crippen LogP contribution >= 0.6 is 0 Å². The number of ether oxygens (including phenoxy) is 3. The van der Waals surface area contributed by atoms with Crippen molar-refractivity contribution in [3.8, 4) is 0 Å². The Kier molecular flexibility index (Phi) is 11.0. The van der Waals surface area contributed by atoms with E-state index < -0.39 is 42.1 Å². The van der Waals surface area contributed by atoms with Crippen LogP contribution in [0.3, 0.4) is 0 Å². The summed E-state index contributed by atoms with van der Waals surface area (Å²) in [6.45, 7) is 17.7. The summed E-state index contributed by atoms with van der Waals surface area (Å²) in [5.41, 5.74) is 6.48. The summed E-state index contributed by atoms with van der Waals surface area (Å²) in [6.07, 6.45) is 0.356. The van der Waals surface area contributed by atoms with Crippen LogP contribution in [0.4, 0.5) is 0 Å². The summed E-state index contributed by atoms with van der Waals surface area (Å²) in [4.78, 5) is 8.31. The van der Waals surface area contributed by atoms with E-state index in [0.717, 1.165) is 6.26 Å². The highest BCUT2D eigenvalue weighted by Gasteiger charge is 2.39. The molecule has 0 radical (unpaired) electrons. The van der Waals surface area contributed by atoms with Gasteiger partial charge in [0.2, 0.25) is 15.0 Å². The molecule has 0 aliphatic heterocycles. The highest BCUT2D eigenvalue weighted by atomic mass is 32.2. The first-order chi connectivity index (χ1) is 13.8. The lowest BCUT2D eigenvalue weighted by Gasteiger charge is -2.39. The molecule has 0 saturated heterocycles. The molecule has 0 aromatic rings. The molecule has 0 saturated carbocycles. The number of aliphatic imine (C=N–C) groups is 2. The Bertz CT molecular complexity index is 745. The molecule has 0 bridgehead atoms. The third-order valence-corrected chi connectivity index (χ3v) is 10.8. The molecular weight excluding hydrogens is 438 g/mol. The molecule has 184 valence electrons. The van der Waals surface area contributed by atoms with Gasteiger partial charge in [-0.3, -0.25) is 4.99 Å². The van der Waals surface area contributed by atoms with Gasteiger partial charge in [-0.2, -0.15) is 4.99 Å². The Balaban J connectivity index is 6.00. The standard InChI is InChI=1S/C20H43N3O6SSi/c1-14(22-18(30(10,24)25)23-15(2)26-8)17(29-20(6,7)27-9)16(21)13-28-31(11,12)19(3,4)5/h14,16-17H,13,21H2,1-12H3/b22-18+,23-15+/t14?,16?,17-/m0/s1. The van der Waals surface area contributed by atoms with Crippen LogP contribution in [0, 0.1) is 0 Å². The number of rotatable bonds is 9. The Hall–Kier alpha value is -0.853. The minimum atomic E-state index is -3.70. The van der Waals surface area contributed by atoms with Gasteiger partial charge in [0, 0.05) is 20.3 Å². The highest BCUT2D eigenvalue weighted by molar-refractivity contribution is 8.05. The molecule has 0 aliphatic carbocycles. The van der Waals surface area contributed by atoms with Crippen molar-refractivity contribution in [1.29, 1.82) is 0 Å². The average Bonchev–Trinajstić information content (AvgIpc) is 2.61. The minimum Gasteiger partial charge on any atom is -0.484 e. The van der Waals surface area contributed by atoms with Gasteiger partial charge in [0.05, 0.1) is 25.8 Å². The largest absolute Gasteiger partial charge is 0.484 e. The maximum atomic E-state index is 12.2. The molecule has 3 atom stereocenters. The van der Waals surface area contributed by atoms with Crippen LogP contribution in [-0.4, -0.2) is 78.9 Å². The number of nitrogens with two attached hydrogens (primary N) is 1. The maximum Gasteiger partial charge on any atom is 0.245 e. The smallest absolute Gasteiger partial charge is 0.245 e. The summed E-state index contributed by atoms with van der Waals surface area (Å²) in [6, 6.07) is -1.22. The van der Waals surface area contributed by atoms with Crippen LogP contribution in [-0.2, 0) is 28.5 Å². The van der Waals surface area contributed by atoms with Crippen molar-refractivity contribution in [2.45, 2.75) is 90.6 Å². The van der Waals surface area contributed by atoms with Gasteiger partial charge in [-0.25, -0.2) is 8.42 Å². The zero-order valence-corrected chi connectivity index (χ0v) is 23.1. The monoisotopic (exact) mass is 481 g/mol. The SMILES string of the molecule is CO/C(C)=N/C(=N\C(C)[C@H](OC(C)(C)OC)C(N)CO[Si](C)(C)C(C)(C)C)S(C)(=O)=O. The lowest BCUT2D eigenvalue weighted by atomic mass is 10.1. The summed E-state index contributed by atoms with van der Waals surface area (Å²) in [7, 11) is -2.81. The van der Waals surface area contributed by atoms with E-state index in [1.807, 2.05) is 0 Å². The molecule has 0 aromatic carbocycles. The van der Waals surface area contributed by atoms with Crippen LogP contribution in [0.25, 0.3) is 0 Å². The van der Waals surface area contributed by atoms with E-state index in [-0.39, 0.29) is 22.7 Å². The fourth-order valence-corrected chi connectivity index (χ4v) is 3.87. The van der Waals surface area contributed by atoms with Gasteiger partial charge in [-0.15, -0.1) is 0 Å². The van der Waals surface area contributed by atoms with Gasteiger partial charge in [-0.1, -0.05) is 20.8 Å². The summed E-state index contributed by atoms with van der Waals surface area (Å²) >= 11 is 0. The number of amidine groups is 1. The van der Waals surface area contributed by atoms with Gasteiger partial charge < -0.3 is 24.4 Å². The van der Waals surface area contributed by atoms with Gasteiger partial charge in [0.1, 0.15) is 6.10 Å². The Morgan fingerprint density at radius 3 is 2.03 bits per heavy atom. The summed E-state index contributed by atoms with van der Waals surface area (Å²) < 4.78 is 47.2. The Morgan fingerprint density at radius 2 is 1.65 bits per heavy atom. The van der Waals surface area contributed by atoms with Crippen molar-refractivity contribution in [3.05, 3.63) is 0 Å². The molecule has 0 amide bonds. The lowest BCUT2D eigenvalue weighted by Crippen LogP contribution is -2.53. The molecule has 9 nitrogen and oxygen atoms in total. The van der Waals surface area contributed by atoms with Gasteiger partial charge in [-0.05, 0) is 38.9 Å². The Morgan fingerprint density at radius 1 is 1.13 bits per heavy atom. The van der Waals surface area contributed by atoms with Crippen molar-refractivity contribution in [2.75, 3.05) is 27.1 Å². The predicted octanol–water partition coefficient (Wildman–Crippen LogP) is 2.96. The molecule has 0 aliphatic rings. The maximum absolute atomic E-state index is 12.2. The minimum absolute atomic E-state index is 0.0223. The predicted molar refractivity (Wildman–Crippen MR) is 129 cm³/mol. The number of hydrogen-bond donors (Lipinski definition) is 1. The molecule has 31 heavy (non-hydrogen) atoms. The van der Waals surface area contributed by atoms with E-state index in [1.165, 1.54) is 14.2 Å². The van der Waals surface area contributed by atoms with E-state index in [2.05, 4.69) is 43.9 Å². The molecule has 0 heterocycles. The third kappa shape index (κ3) is 10.1. The molecule has 2 unspecified atom stereocenters. The zero-order chi connectivity index (χ0) is 24.8. The fraction of sp³-hybridized carbons (Fsp3) is 0.900. The van der Waals surface area contributed by atoms with Crippen LogP contribution in [0.2, 0.25) is 18.1 Å². The highest BCUT2D eigenvalue weighted by Crippen LogP contribution is 2.36. The topological polar surface area (TPSA) is 122 Å². The van der Waals surface area contributed by atoms with Gasteiger partial charge in [0.25, 0.3) is 0 Å². The van der Waals surface area contributed by atoms with E-state index in [1.54, 1.807) is 27.7 Å². The van der Waals surface area contributed by atoms with E-state index in [9.17, 15) is 8.42 Å². The number of nitrogens with zero attached hydrogens (tertiary/aromatic N) is 2. The first-order valence-electron chi connectivity index (χ1n) is 10.3. The van der Waals surface area contributed by atoms with Crippen molar-refractivity contribution in [1.82, 2.24) is 0 Å². The van der Waals surface area contributed by atoms with Gasteiger partial charge >= 0.3 is 0 Å². The number of hydrogen-bond acceptors (Lipinski definition) is 8.